The summed E-state index contributed by atoms with van der Waals surface area (Å²) in [4.78, 5) is 19.8. The molecule has 2 aromatic rings. The summed E-state index contributed by atoms with van der Waals surface area (Å²) >= 11 is 1.41. The van der Waals surface area contributed by atoms with Crippen molar-refractivity contribution in [2.45, 2.75) is 12.1 Å². The van der Waals surface area contributed by atoms with E-state index in [1.54, 1.807) is 6.92 Å². The van der Waals surface area contributed by atoms with Crippen molar-refractivity contribution in [2.75, 3.05) is 24.7 Å². The lowest BCUT2D eigenvalue weighted by Crippen LogP contribution is -2.11. The quantitative estimate of drug-likeness (QED) is 0.363. The van der Waals surface area contributed by atoms with Crippen molar-refractivity contribution in [3.8, 4) is 5.75 Å². The Morgan fingerprint density at radius 2 is 2.09 bits per heavy atom. The molecule has 0 bridgehead atoms. The average Bonchev–Trinajstić information content (AvgIpc) is 2.53. The third-order valence-corrected chi connectivity index (χ3v) is 3.44. The van der Waals surface area contributed by atoms with E-state index in [0.717, 1.165) is 5.75 Å². The van der Waals surface area contributed by atoms with E-state index >= 15 is 0 Å². The number of rotatable bonds is 7. The molecule has 1 aromatic heterocycles. The molecule has 6 nitrogen and oxygen atoms in total. The first kappa shape index (κ1) is 16.1. The largest absolute Gasteiger partial charge is 0.493 e. The molecule has 0 fully saturated rings. The lowest BCUT2D eigenvalue weighted by molar-refractivity contribution is 0.0526. The molecule has 7 heteroatoms. The van der Waals surface area contributed by atoms with Crippen LogP contribution in [0.4, 0.5) is 5.82 Å². The maximum atomic E-state index is 11.6. The normalized spacial score (nSPS) is 10.2. The third-order valence-electron chi connectivity index (χ3n) is 2.62. The van der Waals surface area contributed by atoms with Crippen molar-refractivity contribution in [3.05, 3.63) is 42.1 Å². The summed E-state index contributed by atoms with van der Waals surface area (Å²) in [6, 6.07) is 9.56. The third kappa shape index (κ3) is 4.63. The Morgan fingerprint density at radius 3 is 2.77 bits per heavy atom. The van der Waals surface area contributed by atoms with Gasteiger partial charge in [-0.25, -0.2) is 14.8 Å². The lowest BCUT2D eigenvalue weighted by Gasteiger charge is -2.07. The fraction of sp³-hybridized carbons (Fsp3) is 0.267. The number of carbonyl (C=O) groups is 1. The van der Waals surface area contributed by atoms with Crippen LogP contribution in [-0.4, -0.2) is 34.9 Å². The van der Waals surface area contributed by atoms with Gasteiger partial charge in [-0.15, -0.1) is 0 Å². The van der Waals surface area contributed by atoms with Crippen molar-refractivity contribution in [1.29, 1.82) is 0 Å². The Bertz CT molecular complexity index is 623. The highest BCUT2D eigenvalue weighted by molar-refractivity contribution is 7.99. The number of carbonyl (C=O) groups excluding carboxylic acids is 1. The first-order valence-electron chi connectivity index (χ1n) is 6.81. The van der Waals surface area contributed by atoms with E-state index in [-0.39, 0.29) is 18.0 Å². The second kappa shape index (κ2) is 8.23. The number of benzene rings is 1. The summed E-state index contributed by atoms with van der Waals surface area (Å²) in [5.74, 6) is 1.11. The molecule has 0 unspecified atom stereocenters. The number of nitrogen functional groups attached to an aromatic ring is 1. The van der Waals surface area contributed by atoms with Crippen molar-refractivity contribution in [3.63, 3.8) is 0 Å². The van der Waals surface area contributed by atoms with E-state index in [4.69, 9.17) is 15.2 Å². The molecule has 2 rings (SSSR count). The maximum absolute atomic E-state index is 11.6. The fourth-order valence-electron chi connectivity index (χ4n) is 1.62. The molecular formula is C15H17N3O3S. The Labute approximate surface area is 133 Å². The van der Waals surface area contributed by atoms with Gasteiger partial charge in [0.2, 0.25) is 0 Å². The predicted molar refractivity (Wildman–Crippen MR) is 85.1 cm³/mol. The summed E-state index contributed by atoms with van der Waals surface area (Å²) in [6.45, 7) is 2.54. The van der Waals surface area contributed by atoms with Crippen molar-refractivity contribution in [2.24, 2.45) is 0 Å². The van der Waals surface area contributed by atoms with Gasteiger partial charge in [-0.2, -0.15) is 0 Å². The van der Waals surface area contributed by atoms with Gasteiger partial charge in [-0.1, -0.05) is 30.0 Å². The summed E-state index contributed by atoms with van der Waals surface area (Å²) in [5, 5.41) is 0.502. The molecule has 116 valence electrons. The van der Waals surface area contributed by atoms with Crippen LogP contribution in [0.15, 0.2) is 41.7 Å². The van der Waals surface area contributed by atoms with Crippen LogP contribution in [0.25, 0.3) is 0 Å². The number of hydrogen-bond donors (Lipinski definition) is 1. The molecule has 0 radical (unpaired) electrons. The summed E-state index contributed by atoms with van der Waals surface area (Å²) in [7, 11) is 0. The van der Waals surface area contributed by atoms with E-state index in [1.165, 1.54) is 18.0 Å². The molecule has 0 atom stereocenters. The smallest absolute Gasteiger partial charge is 0.343 e. The molecule has 0 aliphatic carbocycles. The minimum absolute atomic E-state index is 0.125. The predicted octanol–water partition coefficient (Wildman–Crippen LogP) is 2.41. The van der Waals surface area contributed by atoms with Gasteiger partial charge in [0.25, 0.3) is 0 Å². The number of para-hydroxylation sites is 1. The Balaban J connectivity index is 1.83. The first-order valence-corrected chi connectivity index (χ1v) is 7.79. The molecule has 0 aliphatic heterocycles. The Morgan fingerprint density at radius 1 is 1.32 bits per heavy atom. The highest BCUT2D eigenvalue weighted by Crippen LogP contribution is 2.17. The monoisotopic (exact) mass is 319 g/mol. The highest BCUT2D eigenvalue weighted by atomic mass is 32.2. The number of ether oxygens (including phenoxy) is 2. The molecule has 0 saturated heterocycles. The number of anilines is 1. The van der Waals surface area contributed by atoms with Crippen LogP contribution in [0.3, 0.4) is 0 Å². The second-order valence-electron chi connectivity index (χ2n) is 4.18. The van der Waals surface area contributed by atoms with Crippen LogP contribution in [0.2, 0.25) is 0 Å². The van der Waals surface area contributed by atoms with Gasteiger partial charge >= 0.3 is 5.97 Å². The molecule has 0 aliphatic rings. The van der Waals surface area contributed by atoms with Gasteiger partial charge in [0, 0.05) is 11.9 Å². The lowest BCUT2D eigenvalue weighted by atomic mass is 10.3. The zero-order valence-corrected chi connectivity index (χ0v) is 13.0. The molecule has 22 heavy (non-hydrogen) atoms. The SMILES string of the molecule is CCOC(=O)c1cnc(SCCOc2ccccc2)nc1N. The van der Waals surface area contributed by atoms with Crippen LogP contribution in [-0.2, 0) is 4.74 Å². The number of nitrogens with zero attached hydrogens (tertiary/aromatic N) is 2. The van der Waals surface area contributed by atoms with E-state index in [0.29, 0.717) is 17.5 Å². The molecule has 0 spiro atoms. The molecule has 1 aromatic carbocycles. The zero-order chi connectivity index (χ0) is 15.8. The van der Waals surface area contributed by atoms with Crippen LogP contribution >= 0.6 is 11.8 Å². The number of nitrogens with two attached hydrogens (primary N) is 1. The summed E-state index contributed by atoms with van der Waals surface area (Å²) < 4.78 is 10.4. The molecule has 2 N–H and O–H groups in total. The van der Waals surface area contributed by atoms with E-state index in [2.05, 4.69) is 9.97 Å². The maximum Gasteiger partial charge on any atom is 0.343 e. The van der Waals surface area contributed by atoms with Gasteiger partial charge in [-0.05, 0) is 19.1 Å². The average molecular weight is 319 g/mol. The van der Waals surface area contributed by atoms with Crippen molar-refractivity contribution >= 4 is 23.5 Å². The van der Waals surface area contributed by atoms with E-state index in [9.17, 15) is 4.79 Å². The Hall–Kier alpha value is -2.28. The van der Waals surface area contributed by atoms with Crippen molar-refractivity contribution < 1.29 is 14.3 Å². The standard InChI is InChI=1S/C15H17N3O3S/c1-2-20-14(19)12-10-17-15(18-13(12)16)22-9-8-21-11-6-4-3-5-7-11/h3-7,10H,2,8-9H2,1H3,(H2,16,17,18). The molecular weight excluding hydrogens is 302 g/mol. The van der Waals surface area contributed by atoms with Gasteiger partial charge in [0.05, 0.1) is 13.2 Å². The summed E-state index contributed by atoms with van der Waals surface area (Å²) in [6.07, 6.45) is 1.39. The first-order chi connectivity index (χ1) is 10.7. The van der Waals surface area contributed by atoms with E-state index in [1.807, 2.05) is 30.3 Å². The molecule has 0 amide bonds. The summed E-state index contributed by atoms with van der Waals surface area (Å²) in [5.41, 5.74) is 5.94. The minimum atomic E-state index is -0.510. The number of thioether (sulfide) groups is 1. The molecule has 1 heterocycles. The van der Waals surface area contributed by atoms with Gasteiger partial charge < -0.3 is 15.2 Å². The Kier molecular flexibility index (Phi) is 6.02. The topological polar surface area (TPSA) is 87.3 Å². The van der Waals surface area contributed by atoms with Gasteiger partial charge in [-0.3, -0.25) is 0 Å². The number of aromatic nitrogens is 2. The van der Waals surface area contributed by atoms with Crippen LogP contribution < -0.4 is 10.5 Å². The second-order valence-corrected chi connectivity index (χ2v) is 5.24. The number of esters is 1. The van der Waals surface area contributed by atoms with Crippen molar-refractivity contribution in [1.82, 2.24) is 9.97 Å². The van der Waals surface area contributed by atoms with E-state index < -0.39 is 5.97 Å². The van der Waals surface area contributed by atoms with Gasteiger partial charge in [0.1, 0.15) is 17.1 Å². The van der Waals surface area contributed by atoms with Crippen LogP contribution in [0.1, 0.15) is 17.3 Å². The number of hydrogen-bond acceptors (Lipinski definition) is 7. The minimum Gasteiger partial charge on any atom is -0.493 e. The highest BCUT2D eigenvalue weighted by Gasteiger charge is 2.13. The molecule has 0 saturated carbocycles. The fourth-order valence-corrected chi connectivity index (χ4v) is 2.26. The van der Waals surface area contributed by atoms with Crippen LogP contribution in [0, 0.1) is 0 Å². The van der Waals surface area contributed by atoms with Crippen LogP contribution in [0.5, 0.6) is 5.75 Å². The zero-order valence-electron chi connectivity index (χ0n) is 12.2. The van der Waals surface area contributed by atoms with Gasteiger partial charge in [0.15, 0.2) is 5.16 Å².